The van der Waals surface area contributed by atoms with Gasteiger partial charge in [0, 0.05) is 6.54 Å². The minimum Gasteiger partial charge on any atom is -0.494 e. The second kappa shape index (κ2) is 6.33. The largest absolute Gasteiger partial charge is 0.494 e. The fourth-order valence-electron chi connectivity index (χ4n) is 2.59. The van der Waals surface area contributed by atoms with Crippen LogP contribution in [0.3, 0.4) is 0 Å². The molecular weight excluding hydrogens is 259 g/mol. The van der Waals surface area contributed by atoms with Crippen molar-refractivity contribution in [3.63, 3.8) is 0 Å². The molecule has 0 amide bonds. The van der Waals surface area contributed by atoms with Gasteiger partial charge in [-0.15, -0.1) is 0 Å². The number of ether oxygens (including phenoxy) is 1. The Balaban J connectivity index is 2.29. The molecule has 2 rings (SSSR count). The molecule has 1 atom stereocenters. The summed E-state index contributed by atoms with van der Waals surface area (Å²) in [4.78, 5) is 16.8. The smallest absolute Gasteiger partial charge is 0.184 e. The molecule has 0 spiro atoms. The molecule has 0 radical (unpaired) electrons. The highest BCUT2D eigenvalue weighted by molar-refractivity contribution is 6.00. The number of carbonyl (C=O) groups excluding carboxylic acids is 1. The van der Waals surface area contributed by atoms with Crippen molar-refractivity contribution in [2.24, 2.45) is 0 Å². The van der Waals surface area contributed by atoms with Crippen LogP contribution in [0, 0.1) is 5.82 Å². The lowest BCUT2D eigenvalue weighted by molar-refractivity contribution is 0.0834. The zero-order valence-electron chi connectivity index (χ0n) is 12.2. The van der Waals surface area contributed by atoms with Crippen LogP contribution in [0.2, 0.25) is 0 Å². The molecule has 20 heavy (non-hydrogen) atoms. The zero-order chi connectivity index (χ0) is 14.7. The molecule has 1 aliphatic rings. The lowest BCUT2D eigenvalue weighted by Gasteiger charge is -2.26. The quantitative estimate of drug-likeness (QED) is 0.788. The number of benzene rings is 1. The fraction of sp³-hybridized carbons (Fsp3) is 0.533. The van der Waals surface area contributed by atoms with Gasteiger partial charge >= 0.3 is 0 Å². The molecule has 1 fully saturated rings. The number of nitrogens with zero attached hydrogens (tertiary/aromatic N) is 2. The van der Waals surface area contributed by atoms with Crippen LogP contribution in [0.15, 0.2) is 18.2 Å². The first kappa shape index (κ1) is 14.9. The van der Waals surface area contributed by atoms with E-state index in [1.165, 1.54) is 19.2 Å². The number of ketones is 1. The number of hydrogen-bond acceptors (Lipinski definition) is 4. The molecule has 110 valence electrons. The molecule has 1 aliphatic heterocycles. The first-order valence-corrected chi connectivity index (χ1v) is 6.80. The standard InChI is InChI=1S/C15H21FN2O2/c1-17-8-5-9-18(2)12(10-17)15(19)11-6-4-7-13(20-3)14(11)16/h4,6-7,12H,5,8-10H2,1-3H3. The minimum atomic E-state index is -0.569. The van der Waals surface area contributed by atoms with E-state index in [0.29, 0.717) is 6.54 Å². The Bertz CT molecular complexity index is 493. The molecule has 1 saturated heterocycles. The van der Waals surface area contributed by atoms with Crippen LogP contribution in [0.4, 0.5) is 4.39 Å². The highest BCUT2D eigenvalue weighted by Gasteiger charge is 2.30. The summed E-state index contributed by atoms with van der Waals surface area (Å²) in [6.45, 7) is 2.41. The Morgan fingerprint density at radius 2 is 2.10 bits per heavy atom. The summed E-state index contributed by atoms with van der Waals surface area (Å²) in [6, 6.07) is 4.38. The molecule has 0 aliphatic carbocycles. The monoisotopic (exact) mass is 280 g/mol. The summed E-state index contributed by atoms with van der Waals surface area (Å²) in [5.41, 5.74) is 0.108. The van der Waals surface area contributed by atoms with E-state index >= 15 is 0 Å². The van der Waals surface area contributed by atoms with Crippen molar-refractivity contribution in [3.8, 4) is 5.75 Å². The fourth-order valence-corrected chi connectivity index (χ4v) is 2.59. The second-order valence-corrected chi connectivity index (χ2v) is 5.30. The van der Waals surface area contributed by atoms with Gasteiger partial charge < -0.3 is 9.64 Å². The third-order valence-corrected chi connectivity index (χ3v) is 3.82. The van der Waals surface area contributed by atoms with E-state index in [1.54, 1.807) is 6.07 Å². The molecule has 0 bridgehead atoms. The van der Waals surface area contributed by atoms with Crippen molar-refractivity contribution in [1.82, 2.24) is 9.80 Å². The van der Waals surface area contributed by atoms with Gasteiger partial charge in [0.1, 0.15) is 0 Å². The summed E-state index contributed by atoms with van der Waals surface area (Å²) in [5, 5.41) is 0. The van der Waals surface area contributed by atoms with E-state index in [4.69, 9.17) is 4.74 Å². The van der Waals surface area contributed by atoms with E-state index in [1.807, 2.05) is 19.0 Å². The van der Waals surface area contributed by atoms with E-state index < -0.39 is 5.82 Å². The maximum atomic E-state index is 14.2. The summed E-state index contributed by atoms with van der Waals surface area (Å²) in [5.74, 6) is -0.640. The van der Waals surface area contributed by atoms with Crippen molar-refractivity contribution < 1.29 is 13.9 Å². The zero-order valence-corrected chi connectivity index (χ0v) is 12.2. The van der Waals surface area contributed by atoms with Gasteiger partial charge in [0.15, 0.2) is 17.3 Å². The van der Waals surface area contributed by atoms with Crippen LogP contribution in [0.1, 0.15) is 16.8 Å². The van der Waals surface area contributed by atoms with Gasteiger partial charge in [0.25, 0.3) is 0 Å². The third-order valence-electron chi connectivity index (χ3n) is 3.82. The van der Waals surface area contributed by atoms with Gasteiger partial charge in [-0.25, -0.2) is 4.39 Å². The minimum absolute atomic E-state index is 0.108. The molecule has 5 heteroatoms. The van der Waals surface area contributed by atoms with Gasteiger partial charge in [-0.3, -0.25) is 9.69 Å². The molecule has 4 nitrogen and oxygen atoms in total. The Morgan fingerprint density at radius 3 is 2.80 bits per heavy atom. The summed E-state index contributed by atoms with van der Waals surface area (Å²) < 4.78 is 19.2. The number of carbonyl (C=O) groups is 1. The van der Waals surface area contributed by atoms with Gasteiger partial charge in [-0.1, -0.05) is 6.07 Å². The Kier molecular flexibility index (Phi) is 4.73. The molecule has 1 aromatic rings. The van der Waals surface area contributed by atoms with E-state index in [0.717, 1.165) is 19.5 Å². The van der Waals surface area contributed by atoms with E-state index in [2.05, 4.69) is 4.90 Å². The Labute approximate surface area is 119 Å². The average Bonchev–Trinajstić information content (AvgIpc) is 2.60. The number of hydrogen-bond donors (Lipinski definition) is 0. The van der Waals surface area contributed by atoms with Crippen LogP contribution in [-0.4, -0.2) is 62.5 Å². The van der Waals surface area contributed by atoms with Crippen LogP contribution in [0.25, 0.3) is 0 Å². The van der Waals surface area contributed by atoms with Crippen LogP contribution >= 0.6 is 0 Å². The molecule has 1 aromatic carbocycles. The maximum absolute atomic E-state index is 14.2. The van der Waals surface area contributed by atoms with Crippen LogP contribution < -0.4 is 4.74 Å². The summed E-state index contributed by atoms with van der Waals surface area (Å²) in [7, 11) is 5.30. The predicted molar refractivity (Wildman–Crippen MR) is 75.8 cm³/mol. The first-order valence-electron chi connectivity index (χ1n) is 6.80. The second-order valence-electron chi connectivity index (χ2n) is 5.30. The first-order chi connectivity index (χ1) is 9.54. The predicted octanol–water partition coefficient (Wildman–Crippen LogP) is 1.65. The van der Waals surface area contributed by atoms with Crippen molar-refractivity contribution in [3.05, 3.63) is 29.6 Å². The maximum Gasteiger partial charge on any atom is 0.184 e. The normalized spacial score (nSPS) is 21.5. The topological polar surface area (TPSA) is 32.8 Å². The van der Waals surface area contributed by atoms with Crippen molar-refractivity contribution in [2.75, 3.05) is 40.8 Å². The van der Waals surface area contributed by atoms with Crippen molar-refractivity contribution >= 4 is 5.78 Å². The molecule has 0 aromatic heterocycles. The van der Waals surface area contributed by atoms with Crippen molar-refractivity contribution in [2.45, 2.75) is 12.5 Å². The number of halogens is 1. The molecular formula is C15H21FN2O2. The molecule has 1 unspecified atom stereocenters. The van der Waals surface area contributed by atoms with Crippen LogP contribution in [-0.2, 0) is 0 Å². The number of rotatable bonds is 3. The number of likely N-dealkylation sites (N-methyl/N-ethyl adjacent to an activating group) is 2. The van der Waals surface area contributed by atoms with Crippen LogP contribution in [0.5, 0.6) is 5.75 Å². The number of Topliss-reactive ketones (excluding diaryl/α,β-unsaturated/α-hetero) is 1. The van der Waals surface area contributed by atoms with Gasteiger partial charge in [-0.05, 0) is 45.7 Å². The Hall–Kier alpha value is -1.46. The third kappa shape index (κ3) is 2.99. The Morgan fingerprint density at radius 1 is 1.35 bits per heavy atom. The summed E-state index contributed by atoms with van der Waals surface area (Å²) in [6.07, 6.45) is 1.01. The lowest BCUT2D eigenvalue weighted by atomic mass is 10.0. The van der Waals surface area contributed by atoms with Gasteiger partial charge in [0.2, 0.25) is 0 Å². The van der Waals surface area contributed by atoms with E-state index in [-0.39, 0.29) is 23.1 Å². The lowest BCUT2D eigenvalue weighted by Crippen LogP contribution is -2.44. The highest BCUT2D eigenvalue weighted by Crippen LogP contribution is 2.22. The molecule has 0 N–H and O–H groups in total. The van der Waals surface area contributed by atoms with E-state index in [9.17, 15) is 9.18 Å². The average molecular weight is 280 g/mol. The van der Waals surface area contributed by atoms with Gasteiger partial charge in [0.05, 0.1) is 18.7 Å². The van der Waals surface area contributed by atoms with Crippen molar-refractivity contribution in [1.29, 1.82) is 0 Å². The molecule has 1 heterocycles. The molecule has 0 saturated carbocycles. The SMILES string of the molecule is COc1cccc(C(=O)C2CN(C)CCCN2C)c1F. The van der Waals surface area contributed by atoms with Gasteiger partial charge in [-0.2, -0.15) is 0 Å². The number of methoxy groups -OCH3 is 1. The summed E-state index contributed by atoms with van der Waals surface area (Å²) >= 11 is 0. The highest BCUT2D eigenvalue weighted by atomic mass is 19.1.